The molecule has 50 heavy (non-hydrogen) atoms. The summed E-state index contributed by atoms with van der Waals surface area (Å²) in [5.41, 5.74) is 1.38. The molecule has 1 heterocycles. The van der Waals surface area contributed by atoms with Crippen LogP contribution in [0.15, 0.2) is 101 Å². The van der Waals surface area contributed by atoms with E-state index in [1.165, 1.54) is 36.5 Å². The van der Waals surface area contributed by atoms with Gasteiger partial charge in [0.1, 0.15) is 0 Å². The van der Waals surface area contributed by atoms with E-state index in [1.807, 2.05) is 37.3 Å². The zero-order chi connectivity index (χ0) is 37.3. The molecule has 1 fully saturated rings. The van der Waals surface area contributed by atoms with E-state index in [4.69, 9.17) is 13.5 Å². The fraction of sp³-hybridized carbons (Fsp3) is 0.471. The largest absolute Gasteiger partial charge is 0.395 e. The van der Waals surface area contributed by atoms with Crippen molar-refractivity contribution in [2.24, 2.45) is 0 Å². The van der Waals surface area contributed by atoms with Crippen molar-refractivity contribution in [3.63, 3.8) is 0 Å². The zero-order valence-corrected chi connectivity index (χ0v) is 33.9. The lowest BCUT2D eigenvalue weighted by atomic mass is 10.2. The van der Waals surface area contributed by atoms with E-state index in [2.05, 4.69) is 50.9 Å². The molecular formula is C34H51N3O7S6. The number of sulfonamides is 2. The quantitative estimate of drug-likeness (QED) is 0.139. The minimum absolute atomic E-state index is 0.0210. The van der Waals surface area contributed by atoms with Crippen LogP contribution in [0.1, 0.15) is 32.6 Å². The Hall–Kier alpha value is -1.89. The van der Waals surface area contributed by atoms with Crippen LogP contribution in [0.3, 0.4) is 0 Å². The van der Waals surface area contributed by atoms with E-state index in [0.29, 0.717) is 11.3 Å². The van der Waals surface area contributed by atoms with Crippen molar-refractivity contribution >= 4 is 72.6 Å². The second-order valence-corrected chi connectivity index (χ2v) is 17.4. The molecule has 0 bridgehead atoms. The normalized spacial score (nSPS) is 14.7. The van der Waals surface area contributed by atoms with E-state index < -0.39 is 37.7 Å². The first kappa shape index (κ1) is 46.1. The Balaban J connectivity index is 0.000000363. The maximum Gasteiger partial charge on any atom is 0.335 e. The molecule has 10 nitrogen and oxygen atoms in total. The van der Waals surface area contributed by atoms with Gasteiger partial charge >= 0.3 is 11.6 Å². The smallest absolute Gasteiger partial charge is 0.335 e. The second-order valence-electron chi connectivity index (χ2n) is 10.9. The van der Waals surface area contributed by atoms with E-state index in [-0.39, 0.29) is 17.5 Å². The summed E-state index contributed by atoms with van der Waals surface area (Å²) in [5, 5.41) is 9.13. The number of benzene rings is 3. The molecule has 0 saturated carbocycles. The molecule has 4 rings (SSSR count). The molecule has 0 aliphatic carbocycles. The summed E-state index contributed by atoms with van der Waals surface area (Å²) in [6, 6.07) is 27.8. The first-order chi connectivity index (χ1) is 24.0. The van der Waals surface area contributed by atoms with Gasteiger partial charge < -0.3 is 10.0 Å². The third kappa shape index (κ3) is 19.1. The first-order valence-corrected chi connectivity index (χ1v) is 23.8. The van der Waals surface area contributed by atoms with Gasteiger partial charge in [0.2, 0.25) is 20.0 Å². The van der Waals surface area contributed by atoms with Gasteiger partial charge in [-0.1, -0.05) is 61.5 Å². The molecule has 0 unspecified atom stereocenters. The van der Waals surface area contributed by atoms with Crippen molar-refractivity contribution < 1.29 is 30.4 Å². The van der Waals surface area contributed by atoms with Gasteiger partial charge in [-0.2, -0.15) is 43.7 Å². The maximum absolute atomic E-state index is 12.0. The summed E-state index contributed by atoms with van der Waals surface area (Å²) in [4.78, 5) is 3.03. The molecule has 280 valence electrons. The van der Waals surface area contributed by atoms with Crippen LogP contribution in [0.5, 0.6) is 0 Å². The van der Waals surface area contributed by atoms with Crippen LogP contribution in [0.4, 0.5) is 5.69 Å². The Morgan fingerprint density at radius 3 is 1.50 bits per heavy atom. The fourth-order valence-corrected chi connectivity index (χ4v) is 8.65. The Morgan fingerprint density at radius 1 is 0.700 bits per heavy atom. The topological polar surface area (TPSA) is 150 Å². The number of hydrogen-bond acceptors (Lipinski definition) is 11. The van der Waals surface area contributed by atoms with Crippen molar-refractivity contribution in [2.45, 2.75) is 60.5 Å². The second kappa shape index (κ2) is 26.8. The predicted octanol–water partition coefficient (Wildman–Crippen LogP) is 5.53. The summed E-state index contributed by atoms with van der Waals surface area (Å²) >= 11 is 4.54. The van der Waals surface area contributed by atoms with Crippen molar-refractivity contribution in [3.05, 3.63) is 91.0 Å². The number of anilines is 1. The zero-order valence-electron chi connectivity index (χ0n) is 29.0. The highest BCUT2D eigenvalue weighted by Gasteiger charge is 2.32. The van der Waals surface area contributed by atoms with Gasteiger partial charge in [0.25, 0.3) is 0 Å². The van der Waals surface area contributed by atoms with Crippen molar-refractivity contribution in [1.29, 1.82) is 0 Å². The molecule has 3 atom stereocenters. The Kier molecular flexibility index (Phi) is 24.7. The third-order valence-corrected chi connectivity index (χ3v) is 12.3. The summed E-state index contributed by atoms with van der Waals surface area (Å²) in [6.45, 7) is 3.07. The molecule has 1 saturated heterocycles. The molecule has 16 heteroatoms. The monoisotopic (exact) mass is 805 g/mol. The molecule has 3 aromatic rings. The summed E-state index contributed by atoms with van der Waals surface area (Å²) in [6.07, 6.45) is 9.77. The Bertz CT molecular complexity index is 1470. The average molecular weight is 806 g/mol. The highest BCUT2D eigenvalue weighted by atomic mass is 32.2. The number of nitrogens with one attached hydrogen (secondary N) is 2. The van der Waals surface area contributed by atoms with Crippen LogP contribution in [0.25, 0.3) is 0 Å². The van der Waals surface area contributed by atoms with Crippen molar-refractivity contribution in [1.82, 2.24) is 9.44 Å². The minimum Gasteiger partial charge on any atom is -0.395 e. The first-order valence-electron chi connectivity index (χ1n) is 16.0. The number of rotatable bonds is 18. The van der Waals surface area contributed by atoms with E-state index in [0.717, 1.165) is 30.4 Å². The van der Waals surface area contributed by atoms with Crippen LogP contribution in [0, 0.1) is 0 Å². The lowest BCUT2D eigenvalue weighted by Crippen LogP contribution is -2.37. The molecule has 3 N–H and O–H groups in total. The van der Waals surface area contributed by atoms with Gasteiger partial charge in [-0.25, -0.2) is 26.3 Å². The van der Waals surface area contributed by atoms with E-state index in [1.54, 1.807) is 66.0 Å². The highest BCUT2D eigenvalue weighted by molar-refractivity contribution is 7.99. The van der Waals surface area contributed by atoms with Gasteiger partial charge in [0.05, 0.1) is 16.4 Å². The predicted molar refractivity (Wildman–Crippen MR) is 214 cm³/mol. The number of aliphatic hydroxyl groups excluding tert-OH is 1. The molecule has 0 aromatic heterocycles. The molecule has 1 aliphatic heterocycles. The van der Waals surface area contributed by atoms with Crippen LogP contribution in [-0.4, -0.2) is 97.7 Å². The fourth-order valence-electron chi connectivity index (χ4n) is 4.44. The molecule has 0 spiro atoms. The highest BCUT2D eigenvalue weighted by Crippen LogP contribution is 2.29. The molecular weight excluding hydrogens is 755 g/mol. The number of para-hydroxylation sites is 1. The van der Waals surface area contributed by atoms with Crippen LogP contribution >= 0.6 is 35.3 Å². The van der Waals surface area contributed by atoms with Crippen molar-refractivity contribution in [3.8, 4) is 0 Å². The minimum atomic E-state index is -3.52. The van der Waals surface area contributed by atoms with Gasteiger partial charge in [-0.05, 0) is 98.1 Å². The number of aliphatic hydroxyl groups is 1. The number of hydrogen-bond donors (Lipinski definition) is 3. The van der Waals surface area contributed by atoms with Crippen molar-refractivity contribution in [2.75, 3.05) is 54.1 Å². The Labute approximate surface area is 316 Å². The lowest BCUT2D eigenvalue weighted by molar-refractivity contribution is 0.254. The SMILES string of the molecule is CC[C@H](CCSC)NS(=O)(=O)c1ccccc1.CSCC[C@@H](CO)NS(=O)(=O)c1ccccc1.CSCC[C@H]1CN1c1ccccc1.O=S=O. The molecule has 1 aliphatic rings. The molecule has 0 radical (unpaired) electrons. The average Bonchev–Trinajstić information content (AvgIpc) is 3.92. The van der Waals surface area contributed by atoms with Gasteiger partial charge in [0.15, 0.2) is 0 Å². The lowest BCUT2D eigenvalue weighted by Gasteiger charge is -2.16. The standard InChI is InChI=1S/C12H19NO2S2.C11H17NO3S2.C11H15NS.O2S/c1-3-11(9-10-16-2)13-17(14,15)12-7-5-4-6-8-12;1-16-8-7-10(9-13)12-17(14,15)11-5-3-2-4-6-11;1-13-8-7-11-9-12(11)10-5-3-2-4-6-10;1-3-2/h4-8,11,13H,3,9-10H2,1-2H3;2-6,10,12-13H,7-9H2,1H3;2-6,11H,7-9H2,1H3;/t11-;10-;11-,12?;/m100./s1. The van der Waals surface area contributed by atoms with Gasteiger partial charge in [-0.3, -0.25) is 0 Å². The van der Waals surface area contributed by atoms with Gasteiger partial charge in [-0.15, -0.1) is 0 Å². The number of nitrogens with zero attached hydrogens (tertiary/aromatic N) is 1. The van der Waals surface area contributed by atoms with Gasteiger partial charge in [0, 0.05) is 30.4 Å². The third-order valence-electron chi connectivity index (χ3n) is 7.26. The maximum atomic E-state index is 12.0. The summed E-state index contributed by atoms with van der Waals surface area (Å²) in [7, 11) is -6.88. The van der Waals surface area contributed by atoms with Crippen LogP contribution < -0.4 is 14.3 Å². The number of thioether (sulfide) groups is 3. The van der Waals surface area contributed by atoms with Crippen LogP contribution in [0.2, 0.25) is 0 Å². The van der Waals surface area contributed by atoms with E-state index in [9.17, 15) is 16.8 Å². The summed E-state index contributed by atoms with van der Waals surface area (Å²) in [5.74, 6) is 3.06. The summed E-state index contributed by atoms with van der Waals surface area (Å²) < 4.78 is 69.8. The molecule has 3 aromatic carbocycles. The molecule has 0 amide bonds. The Morgan fingerprint density at radius 2 is 1.10 bits per heavy atom. The van der Waals surface area contributed by atoms with E-state index >= 15 is 0 Å². The van der Waals surface area contributed by atoms with Crippen LogP contribution in [-0.2, 0) is 31.6 Å².